The quantitative estimate of drug-likeness (QED) is 0.683. The fourth-order valence-electron chi connectivity index (χ4n) is 1.46. The predicted octanol–water partition coefficient (Wildman–Crippen LogP) is 1.99. The van der Waals surface area contributed by atoms with E-state index in [9.17, 15) is 4.79 Å². The molecule has 0 heterocycles. The van der Waals surface area contributed by atoms with Crippen molar-refractivity contribution in [2.45, 2.75) is 19.8 Å². The summed E-state index contributed by atoms with van der Waals surface area (Å²) in [5.41, 5.74) is 0. The summed E-state index contributed by atoms with van der Waals surface area (Å²) in [7, 11) is 0. The summed E-state index contributed by atoms with van der Waals surface area (Å²) in [6.45, 7) is 5.01. The van der Waals surface area contributed by atoms with Gasteiger partial charge in [0.2, 0.25) is 5.91 Å². The summed E-state index contributed by atoms with van der Waals surface area (Å²) in [6.07, 6.45) is 1.50. The molecule has 0 aliphatic carbocycles. The van der Waals surface area contributed by atoms with Gasteiger partial charge in [0, 0.05) is 13.1 Å². The minimum atomic E-state index is 0. The van der Waals surface area contributed by atoms with E-state index in [4.69, 9.17) is 4.74 Å². The largest absolute Gasteiger partial charge is 0.493 e. The molecule has 1 rings (SSSR count). The minimum Gasteiger partial charge on any atom is -0.493 e. The Morgan fingerprint density at radius 3 is 2.58 bits per heavy atom. The van der Waals surface area contributed by atoms with Gasteiger partial charge in [0.15, 0.2) is 0 Å². The first-order chi connectivity index (χ1) is 8.83. The molecule has 1 aromatic carbocycles. The van der Waals surface area contributed by atoms with E-state index in [1.165, 1.54) is 0 Å². The highest BCUT2D eigenvalue weighted by Crippen LogP contribution is 2.08. The summed E-state index contributed by atoms with van der Waals surface area (Å²) >= 11 is 0. The number of benzene rings is 1. The third-order valence-corrected chi connectivity index (χ3v) is 2.39. The van der Waals surface area contributed by atoms with E-state index >= 15 is 0 Å². The van der Waals surface area contributed by atoms with Crippen molar-refractivity contribution in [3.05, 3.63) is 30.3 Å². The van der Waals surface area contributed by atoms with Gasteiger partial charge in [-0.3, -0.25) is 4.79 Å². The molecule has 0 radical (unpaired) electrons. The topological polar surface area (TPSA) is 50.4 Å². The second kappa shape index (κ2) is 11.8. The molecule has 0 aromatic heterocycles. The molecule has 19 heavy (non-hydrogen) atoms. The van der Waals surface area contributed by atoms with Gasteiger partial charge in [-0.15, -0.1) is 12.4 Å². The number of para-hydroxylation sites is 1. The van der Waals surface area contributed by atoms with E-state index in [0.29, 0.717) is 19.6 Å². The zero-order chi connectivity index (χ0) is 13.1. The lowest BCUT2D eigenvalue weighted by atomic mass is 10.3. The molecular weight excluding hydrogens is 264 g/mol. The summed E-state index contributed by atoms with van der Waals surface area (Å²) in [4.78, 5) is 11.4. The Kier molecular flexibility index (Phi) is 11.0. The first-order valence-corrected chi connectivity index (χ1v) is 6.48. The molecule has 1 aromatic rings. The lowest BCUT2D eigenvalue weighted by Gasteiger charge is -2.07. The zero-order valence-corrected chi connectivity index (χ0v) is 12.2. The van der Waals surface area contributed by atoms with Crippen molar-refractivity contribution >= 4 is 18.3 Å². The van der Waals surface area contributed by atoms with Gasteiger partial charge < -0.3 is 15.4 Å². The molecule has 0 unspecified atom stereocenters. The molecule has 0 aliphatic heterocycles. The van der Waals surface area contributed by atoms with Crippen LogP contribution in [0.3, 0.4) is 0 Å². The first kappa shape index (κ1) is 17.7. The third-order valence-electron chi connectivity index (χ3n) is 2.39. The highest BCUT2D eigenvalue weighted by molar-refractivity contribution is 5.85. The normalized spacial score (nSPS) is 9.53. The predicted molar refractivity (Wildman–Crippen MR) is 80.0 cm³/mol. The SMILES string of the molecule is CCCNCCNC(=O)CCOc1ccccc1.Cl. The van der Waals surface area contributed by atoms with Crippen LogP contribution in [0, 0.1) is 0 Å². The van der Waals surface area contributed by atoms with Gasteiger partial charge in [-0.25, -0.2) is 0 Å². The molecule has 0 saturated carbocycles. The Morgan fingerprint density at radius 2 is 1.89 bits per heavy atom. The summed E-state index contributed by atoms with van der Waals surface area (Å²) in [6, 6.07) is 9.52. The molecule has 0 fully saturated rings. The second-order valence-electron chi connectivity index (χ2n) is 4.01. The fourth-order valence-corrected chi connectivity index (χ4v) is 1.46. The third kappa shape index (κ3) is 9.33. The van der Waals surface area contributed by atoms with Crippen LogP contribution < -0.4 is 15.4 Å². The molecule has 2 N–H and O–H groups in total. The van der Waals surface area contributed by atoms with Gasteiger partial charge in [-0.05, 0) is 25.1 Å². The van der Waals surface area contributed by atoms with Crippen LogP contribution in [0.2, 0.25) is 0 Å². The number of carbonyl (C=O) groups excluding carboxylic acids is 1. The Hall–Kier alpha value is -1.26. The molecule has 0 saturated heterocycles. The van der Waals surface area contributed by atoms with Crippen LogP contribution in [0.25, 0.3) is 0 Å². The summed E-state index contributed by atoms with van der Waals surface area (Å²) < 4.78 is 5.45. The van der Waals surface area contributed by atoms with Crippen LogP contribution in [0.5, 0.6) is 5.75 Å². The van der Waals surface area contributed by atoms with Crippen LogP contribution in [0.15, 0.2) is 30.3 Å². The van der Waals surface area contributed by atoms with Crippen molar-refractivity contribution in [2.75, 3.05) is 26.2 Å². The van der Waals surface area contributed by atoms with E-state index in [-0.39, 0.29) is 18.3 Å². The van der Waals surface area contributed by atoms with Crippen molar-refractivity contribution in [2.24, 2.45) is 0 Å². The second-order valence-corrected chi connectivity index (χ2v) is 4.01. The van der Waals surface area contributed by atoms with E-state index in [1.54, 1.807) is 0 Å². The van der Waals surface area contributed by atoms with E-state index in [2.05, 4.69) is 17.6 Å². The number of hydrogen-bond acceptors (Lipinski definition) is 3. The Balaban J connectivity index is 0.00000324. The number of nitrogens with one attached hydrogen (secondary N) is 2. The highest BCUT2D eigenvalue weighted by atomic mass is 35.5. The molecule has 4 nitrogen and oxygen atoms in total. The number of carbonyl (C=O) groups is 1. The Labute approximate surface area is 121 Å². The van der Waals surface area contributed by atoms with Gasteiger partial charge in [0.1, 0.15) is 5.75 Å². The van der Waals surface area contributed by atoms with Gasteiger partial charge in [0.05, 0.1) is 13.0 Å². The Morgan fingerprint density at radius 1 is 1.16 bits per heavy atom. The average molecular weight is 287 g/mol. The standard InChI is InChI=1S/C14H22N2O2.ClH/c1-2-9-15-10-11-16-14(17)8-12-18-13-6-4-3-5-7-13;/h3-7,15H,2,8-12H2,1H3,(H,16,17);1H. The smallest absolute Gasteiger partial charge is 0.223 e. The lowest BCUT2D eigenvalue weighted by molar-refractivity contribution is -0.121. The van der Waals surface area contributed by atoms with Crippen LogP contribution in [-0.2, 0) is 4.79 Å². The molecular formula is C14H23ClN2O2. The van der Waals surface area contributed by atoms with Crippen LogP contribution in [-0.4, -0.2) is 32.1 Å². The zero-order valence-electron chi connectivity index (χ0n) is 11.4. The number of rotatable bonds is 9. The summed E-state index contributed by atoms with van der Waals surface area (Å²) in [5, 5.41) is 6.07. The van der Waals surface area contributed by atoms with Crippen LogP contribution in [0.1, 0.15) is 19.8 Å². The molecule has 5 heteroatoms. The fraction of sp³-hybridized carbons (Fsp3) is 0.500. The maximum atomic E-state index is 11.4. The van der Waals surface area contributed by atoms with Crippen LogP contribution in [0.4, 0.5) is 0 Å². The van der Waals surface area contributed by atoms with Gasteiger partial charge in [-0.1, -0.05) is 25.1 Å². The molecule has 0 spiro atoms. The number of hydrogen-bond donors (Lipinski definition) is 2. The van der Waals surface area contributed by atoms with E-state index < -0.39 is 0 Å². The average Bonchev–Trinajstić information content (AvgIpc) is 2.40. The monoisotopic (exact) mass is 286 g/mol. The minimum absolute atomic E-state index is 0. The first-order valence-electron chi connectivity index (χ1n) is 6.48. The van der Waals surface area contributed by atoms with Crippen molar-refractivity contribution in [3.63, 3.8) is 0 Å². The van der Waals surface area contributed by atoms with Gasteiger partial charge in [0.25, 0.3) is 0 Å². The van der Waals surface area contributed by atoms with Crippen molar-refractivity contribution in [3.8, 4) is 5.75 Å². The lowest BCUT2D eigenvalue weighted by Crippen LogP contribution is -2.32. The highest BCUT2D eigenvalue weighted by Gasteiger charge is 2.00. The maximum absolute atomic E-state index is 11.4. The number of amides is 1. The molecule has 0 aliphatic rings. The Bertz CT molecular complexity index is 333. The molecule has 108 valence electrons. The van der Waals surface area contributed by atoms with Gasteiger partial charge >= 0.3 is 0 Å². The summed E-state index contributed by atoms with van der Waals surface area (Å²) in [5.74, 6) is 0.833. The van der Waals surface area contributed by atoms with Crippen LogP contribution >= 0.6 is 12.4 Å². The molecule has 0 bridgehead atoms. The molecule has 1 amide bonds. The van der Waals surface area contributed by atoms with E-state index in [0.717, 1.165) is 25.3 Å². The van der Waals surface area contributed by atoms with Crippen molar-refractivity contribution in [1.29, 1.82) is 0 Å². The van der Waals surface area contributed by atoms with Crippen molar-refractivity contribution in [1.82, 2.24) is 10.6 Å². The number of halogens is 1. The molecule has 0 atom stereocenters. The van der Waals surface area contributed by atoms with Gasteiger partial charge in [-0.2, -0.15) is 0 Å². The van der Waals surface area contributed by atoms with Crippen molar-refractivity contribution < 1.29 is 9.53 Å². The maximum Gasteiger partial charge on any atom is 0.223 e. The number of ether oxygens (including phenoxy) is 1. The van der Waals surface area contributed by atoms with E-state index in [1.807, 2.05) is 30.3 Å².